The Labute approximate surface area is 188 Å². The minimum Gasteiger partial charge on any atom is -0.454 e. The lowest BCUT2D eigenvalue weighted by molar-refractivity contribution is 0.145. The van der Waals surface area contributed by atoms with Crippen molar-refractivity contribution >= 4 is 11.6 Å². The van der Waals surface area contributed by atoms with Crippen molar-refractivity contribution in [3.63, 3.8) is 0 Å². The highest BCUT2D eigenvalue weighted by molar-refractivity contribution is 5.79. The van der Waals surface area contributed by atoms with Gasteiger partial charge in [-0.25, -0.2) is 9.38 Å². The Kier molecular flexibility index (Phi) is 7.32. The van der Waals surface area contributed by atoms with E-state index in [-0.39, 0.29) is 18.7 Å². The molecule has 0 radical (unpaired) electrons. The zero-order valence-electron chi connectivity index (χ0n) is 18.4. The van der Waals surface area contributed by atoms with Gasteiger partial charge >= 0.3 is 0 Å². The molecule has 0 aliphatic carbocycles. The molecule has 0 spiro atoms. The summed E-state index contributed by atoms with van der Waals surface area (Å²) in [6.45, 7) is 5.47. The van der Waals surface area contributed by atoms with Crippen molar-refractivity contribution in [2.24, 2.45) is 4.99 Å². The first kappa shape index (κ1) is 22.2. The minimum absolute atomic E-state index is 0.241. The standard InChI is InChI=1S/C24H31FN4O3/c1-2-26-24(27-10-7-17-4-6-22-23(14-17)32-16-31-22)28-15-18-3-5-21(20(25)13-18)29-11-8-19(30)9-12-29/h3-6,13-14,19,30H,2,7-12,15-16H2,1H3,(H2,26,27,28). The van der Waals surface area contributed by atoms with Gasteiger partial charge in [0.2, 0.25) is 6.79 Å². The van der Waals surface area contributed by atoms with E-state index in [2.05, 4.69) is 15.6 Å². The number of rotatable bonds is 7. The molecule has 32 heavy (non-hydrogen) atoms. The largest absolute Gasteiger partial charge is 0.454 e. The molecule has 0 atom stereocenters. The van der Waals surface area contributed by atoms with E-state index in [1.807, 2.05) is 42.2 Å². The predicted octanol–water partition coefficient (Wildman–Crippen LogP) is 2.81. The number of piperidine rings is 1. The number of aliphatic hydroxyl groups is 1. The molecule has 0 unspecified atom stereocenters. The van der Waals surface area contributed by atoms with Gasteiger partial charge in [-0.2, -0.15) is 0 Å². The van der Waals surface area contributed by atoms with Gasteiger partial charge < -0.3 is 30.1 Å². The number of nitrogens with one attached hydrogen (secondary N) is 2. The SMILES string of the molecule is CCNC(=NCc1ccc(N2CCC(O)CC2)c(F)c1)NCCc1ccc2c(c1)OCO2. The highest BCUT2D eigenvalue weighted by Crippen LogP contribution is 2.32. The van der Waals surface area contributed by atoms with Crippen LogP contribution in [-0.2, 0) is 13.0 Å². The summed E-state index contributed by atoms with van der Waals surface area (Å²) in [5, 5.41) is 16.2. The molecule has 2 aromatic carbocycles. The number of aliphatic hydroxyl groups excluding tert-OH is 1. The van der Waals surface area contributed by atoms with Gasteiger partial charge in [0.15, 0.2) is 17.5 Å². The summed E-state index contributed by atoms with van der Waals surface area (Å²) >= 11 is 0. The maximum Gasteiger partial charge on any atom is 0.231 e. The molecule has 1 saturated heterocycles. The van der Waals surface area contributed by atoms with Crippen molar-refractivity contribution in [3.8, 4) is 11.5 Å². The van der Waals surface area contributed by atoms with Crippen LogP contribution in [0.25, 0.3) is 0 Å². The van der Waals surface area contributed by atoms with Crippen molar-refractivity contribution in [2.75, 3.05) is 37.9 Å². The summed E-state index contributed by atoms with van der Waals surface area (Å²) in [5.41, 5.74) is 2.56. The number of hydrogen-bond donors (Lipinski definition) is 3. The number of fused-ring (bicyclic) bond motifs is 1. The molecule has 172 valence electrons. The highest BCUT2D eigenvalue weighted by Gasteiger charge is 2.19. The molecule has 0 aromatic heterocycles. The van der Waals surface area contributed by atoms with Crippen molar-refractivity contribution in [1.82, 2.24) is 10.6 Å². The Balaban J connectivity index is 1.32. The van der Waals surface area contributed by atoms with Crippen LogP contribution < -0.4 is 25.0 Å². The van der Waals surface area contributed by atoms with E-state index in [0.29, 0.717) is 50.7 Å². The van der Waals surface area contributed by atoms with Gasteiger partial charge in [-0.3, -0.25) is 0 Å². The molecule has 0 amide bonds. The molecule has 2 aromatic rings. The number of anilines is 1. The Morgan fingerprint density at radius 2 is 1.88 bits per heavy atom. The van der Waals surface area contributed by atoms with Crippen LogP contribution in [0.3, 0.4) is 0 Å². The second kappa shape index (κ2) is 10.5. The Morgan fingerprint density at radius 1 is 1.09 bits per heavy atom. The molecule has 4 rings (SSSR count). The first-order valence-electron chi connectivity index (χ1n) is 11.2. The summed E-state index contributed by atoms with van der Waals surface area (Å²) in [7, 11) is 0. The number of guanidine groups is 1. The second-order valence-corrected chi connectivity index (χ2v) is 8.06. The smallest absolute Gasteiger partial charge is 0.231 e. The summed E-state index contributed by atoms with van der Waals surface area (Å²) in [5.74, 6) is 2.03. The van der Waals surface area contributed by atoms with Crippen molar-refractivity contribution in [1.29, 1.82) is 0 Å². The van der Waals surface area contributed by atoms with Crippen LogP contribution in [0.5, 0.6) is 11.5 Å². The van der Waals surface area contributed by atoms with Gasteiger partial charge in [0.1, 0.15) is 5.82 Å². The van der Waals surface area contributed by atoms with Gasteiger partial charge in [0.25, 0.3) is 0 Å². The lowest BCUT2D eigenvalue weighted by atomic mass is 10.1. The lowest BCUT2D eigenvalue weighted by Crippen LogP contribution is -2.38. The Morgan fingerprint density at radius 3 is 2.66 bits per heavy atom. The zero-order chi connectivity index (χ0) is 22.3. The van der Waals surface area contributed by atoms with Crippen LogP contribution in [0.2, 0.25) is 0 Å². The molecular formula is C24H31FN4O3. The summed E-state index contributed by atoms with van der Waals surface area (Å²) in [4.78, 5) is 6.60. The van der Waals surface area contributed by atoms with Crippen LogP contribution >= 0.6 is 0 Å². The molecule has 7 nitrogen and oxygen atoms in total. The third kappa shape index (κ3) is 5.62. The number of nitrogens with zero attached hydrogens (tertiary/aromatic N) is 2. The Hall–Kier alpha value is -3.00. The van der Waals surface area contributed by atoms with E-state index in [9.17, 15) is 9.50 Å². The molecule has 3 N–H and O–H groups in total. The number of ether oxygens (including phenoxy) is 2. The quantitative estimate of drug-likeness (QED) is 0.452. The Bertz CT molecular complexity index is 945. The predicted molar refractivity (Wildman–Crippen MR) is 123 cm³/mol. The van der Waals surface area contributed by atoms with E-state index < -0.39 is 0 Å². The van der Waals surface area contributed by atoms with Gasteiger partial charge in [-0.1, -0.05) is 12.1 Å². The van der Waals surface area contributed by atoms with Gasteiger partial charge in [0.05, 0.1) is 18.3 Å². The van der Waals surface area contributed by atoms with Crippen LogP contribution in [0.1, 0.15) is 30.9 Å². The van der Waals surface area contributed by atoms with E-state index in [1.165, 1.54) is 0 Å². The summed E-state index contributed by atoms with van der Waals surface area (Å²) < 4.78 is 25.5. The van der Waals surface area contributed by atoms with Gasteiger partial charge in [0, 0.05) is 26.2 Å². The van der Waals surface area contributed by atoms with Crippen LogP contribution in [0.4, 0.5) is 10.1 Å². The molecular weight excluding hydrogens is 411 g/mol. The molecule has 2 heterocycles. The van der Waals surface area contributed by atoms with E-state index in [0.717, 1.165) is 35.6 Å². The molecule has 2 aliphatic rings. The number of aliphatic imine (C=N–C) groups is 1. The lowest BCUT2D eigenvalue weighted by Gasteiger charge is -2.31. The number of hydrogen-bond acceptors (Lipinski definition) is 5. The van der Waals surface area contributed by atoms with Crippen LogP contribution in [0.15, 0.2) is 41.4 Å². The van der Waals surface area contributed by atoms with Crippen molar-refractivity contribution in [2.45, 2.75) is 38.8 Å². The monoisotopic (exact) mass is 442 g/mol. The second-order valence-electron chi connectivity index (χ2n) is 8.06. The molecule has 0 bridgehead atoms. The summed E-state index contributed by atoms with van der Waals surface area (Å²) in [6.07, 6.45) is 1.89. The fourth-order valence-electron chi connectivity index (χ4n) is 3.95. The molecule has 8 heteroatoms. The van der Waals surface area contributed by atoms with E-state index >= 15 is 0 Å². The van der Waals surface area contributed by atoms with Crippen LogP contribution in [0, 0.1) is 5.82 Å². The summed E-state index contributed by atoms with van der Waals surface area (Å²) in [6, 6.07) is 11.3. The van der Waals surface area contributed by atoms with Crippen molar-refractivity contribution in [3.05, 3.63) is 53.3 Å². The van der Waals surface area contributed by atoms with Crippen molar-refractivity contribution < 1.29 is 19.0 Å². The maximum atomic E-state index is 14.7. The number of benzene rings is 2. The number of halogens is 1. The maximum absolute atomic E-state index is 14.7. The zero-order valence-corrected chi connectivity index (χ0v) is 18.4. The van der Waals surface area contributed by atoms with E-state index in [4.69, 9.17) is 9.47 Å². The van der Waals surface area contributed by atoms with E-state index in [1.54, 1.807) is 6.07 Å². The first-order chi connectivity index (χ1) is 15.6. The third-order valence-corrected chi connectivity index (χ3v) is 5.72. The molecule has 1 fully saturated rings. The van der Waals surface area contributed by atoms with Crippen LogP contribution in [-0.4, -0.2) is 50.1 Å². The average molecular weight is 443 g/mol. The molecule has 2 aliphatic heterocycles. The fraction of sp³-hybridized carbons (Fsp3) is 0.458. The fourth-order valence-corrected chi connectivity index (χ4v) is 3.95. The molecule has 0 saturated carbocycles. The van der Waals surface area contributed by atoms with Gasteiger partial charge in [-0.05, 0) is 61.6 Å². The highest BCUT2D eigenvalue weighted by atomic mass is 19.1. The van der Waals surface area contributed by atoms with Gasteiger partial charge in [-0.15, -0.1) is 0 Å². The normalized spacial score (nSPS) is 16.3. The topological polar surface area (TPSA) is 78.4 Å². The minimum atomic E-state index is -0.273. The average Bonchev–Trinajstić information content (AvgIpc) is 3.26. The third-order valence-electron chi connectivity index (χ3n) is 5.72. The first-order valence-corrected chi connectivity index (χ1v) is 11.2.